The molecule has 79 heavy (non-hydrogen) atoms. The molecule has 0 amide bonds. The summed E-state index contributed by atoms with van der Waals surface area (Å²) in [6, 6.07) is 0. The second-order valence-electron chi connectivity index (χ2n) is 20.6. The van der Waals surface area contributed by atoms with Gasteiger partial charge in [0.05, 0.1) is 0 Å². The summed E-state index contributed by atoms with van der Waals surface area (Å²) < 4.78 is 16.7. The van der Waals surface area contributed by atoms with Crippen LogP contribution in [-0.4, -0.2) is 37.2 Å². The molecule has 0 heterocycles. The highest BCUT2D eigenvalue weighted by atomic mass is 16.6. The van der Waals surface area contributed by atoms with Crippen LogP contribution in [0.4, 0.5) is 0 Å². The van der Waals surface area contributed by atoms with E-state index >= 15 is 0 Å². The molecule has 0 aliphatic rings. The maximum atomic E-state index is 12.8. The number of unbranched alkanes of at least 4 members (excludes halogenated alkanes) is 19. The van der Waals surface area contributed by atoms with Crippen LogP contribution < -0.4 is 0 Å². The minimum absolute atomic E-state index is 0.0909. The maximum absolute atomic E-state index is 12.8. The molecule has 0 radical (unpaired) electrons. The second kappa shape index (κ2) is 65.5. The summed E-state index contributed by atoms with van der Waals surface area (Å²) in [4.78, 5) is 37.9. The lowest BCUT2D eigenvalue weighted by atomic mass is 10.1. The molecule has 0 aromatic heterocycles. The van der Waals surface area contributed by atoms with Crippen molar-refractivity contribution in [2.75, 3.05) is 13.2 Å². The fourth-order valence-corrected chi connectivity index (χ4v) is 8.31. The van der Waals surface area contributed by atoms with Gasteiger partial charge in [0.2, 0.25) is 0 Å². The van der Waals surface area contributed by atoms with Gasteiger partial charge in [0, 0.05) is 19.3 Å². The first-order valence-corrected chi connectivity index (χ1v) is 32.0. The van der Waals surface area contributed by atoms with E-state index < -0.39 is 6.10 Å². The minimum atomic E-state index is -0.791. The SMILES string of the molecule is CC/C=C\C/C=C\C/C=C\C/C=C\C/C=C\C/C=C\C/C=C\C/C=C\CCCCCCCCCCC(=O)OCC(COC(=O)CCCCCCC)OC(=O)CCCCCCCCC/C=C\C/C=C\C/C=C\C/C=C\C/C=C\CC. The Bertz CT molecular complexity index is 1780. The predicted octanol–water partition coefficient (Wildman–Crippen LogP) is 22.1. The number of carbonyl (C=O) groups excluding carboxylic acids is 3. The number of carbonyl (C=O) groups is 3. The molecule has 0 aliphatic heterocycles. The normalized spacial score (nSPS) is 13.2. The summed E-state index contributed by atoms with van der Waals surface area (Å²) in [5.41, 5.74) is 0. The van der Waals surface area contributed by atoms with E-state index in [-0.39, 0.29) is 31.1 Å². The van der Waals surface area contributed by atoms with Crippen LogP contribution in [0, 0.1) is 0 Å². The van der Waals surface area contributed by atoms with E-state index in [0.29, 0.717) is 19.3 Å². The average molecular weight is 1090 g/mol. The van der Waals surface area contributed by atoms with Gasteiger partial charge in [0.1, 0.15) is 13.2 Å². The Morgan fingerprint density at radius 2 is 0.494 bits per heavy atom. The third-order valence-corrected chi connectivity index (χ3v) is 13.0. The standard InChI is InChI=1S/C73H116O6/c1-4-7-10-13-15-17-19-21-23-25-27-29-31-32-33-34-35-36-37-38-39-40-42-43-45-47-49-51-53-55-57-60-63-66-72(75)78-69-70(68-77-71(74)65-62-59-12-9-6-3)79-73(76)67-64-61-58-56-54-52-50-48-46-44-41-30-28-26-24-22-20-18-16-14-11-8-5-2/h7-8,10-11,15-18,21-24,27-30,32-33,35-36,38-39,42-44,46,70H,4-6,9,12-14,19-20,25-26,31,34,37,40-41,45,47-69H2,1-3H3/b10-7-,11-8-,17-15-,18-16-,23-21-,24-22-,29-27-,30-28-,33-32-,36-35-,39-38-,43-42-,46-44-. The lowest BCUT2D eigenvalue weighted by molar-refractivity contribution is -0.167. The maximum Gasteiger partial charge on any atom is 0.306 e. The van der Waals surface area contributed by atoms with Gasteiger partial charge in [-0.15, -0.1) is 0 Å². The van der Waals surface area contributed by atoms with Crippen molar-refractivity contribution in [2.45, 2.75) is 271 Å². The van der Waals surface area contributed by atoms with Crippen LogP contribution in [0.3, 0.4) is 0 Å². The van der Waals surface area contributed by atoms with Crippen molar-refractivity contribution in [1.29, 1.82) is 0 Å². The number of esters is 3. The number of hydrogen-bond acceptors (Lipinski definition) is 6. The van der Waals surface area contributed by atoms with Crippen LogP contribution in [-0.2, 0) is 28.6 Å². The quantitative estimate of drug-likeness (QED) is 0.0261. The van der Waals surface area contributed by atoms with E-state index in [1.807, 2.05) is 0 Å². The van der Waals surface area contributed by atoms with E-state index in [2.05, 4.69) is 179 Å². The predicted molar refractivity (Wildman–Crippen MR) is 343 cm³/mol. The van der Waals surface area contributed by atoms with Gasteiger partial charge >= 0.3 is 17.9 Å². The third-order valence-electron chi connectivity index (χ3n) is 13.0. The zero-order valence-electron chi connectivity index (χ0n) is 50.8. The molecule has 0 aromatic carbocycles. The molecule has 1 atom stereocenters. The number of hydrogen-bond donors (Lipinski definition) is 0. The van der Waals surface area contributed by atoms with E-state index in [1.54, 1.807) is 0 Å². The molecular weight excluding hydrogens is 973 g/mol. The number of rotatable bonds is 56. The third kappa shape index (κ3) is 63.7. The topological polar surface area (TPSA) is 78.9 Å². The molecule has 444 valence electrons. The highest BCUT2D eigenvalue weighted by molar-refractivity contribution is 5.71. The summed E-state index contributed by atoms with van der Waals surface area (Å²) in [5.74, 6) is -0.929. The van der Waals surface area contributed by atoms with Gasteiger partial charge in [-0.1, -0.05) is 275 Å². The van der Waals surface area contributed by atoms with E-state index in [1.165, 1.54) is 57.8 Å². The van der Waals surface area contributed by atoms with Crippen molar-refractivity contribution in [3.8, 4) is 0 Å². The van der Waals surface area contributed by atoms with Gasteiger partial charge in [-0.2, -0.15) is 0 Å². The van der Waals surface area contributed by atoms with Gasteiger partial charge in [0.15, 0.2) is 6.10 Å². The molecule has 0 aliphatic carbocycles. The highest BCUT2D eigenvalue weighted by Gasteiger charge is 2.19. The molecule has 6 heteroatoms. The Kier molecular flexibility index (Phi) is 61.4. The van der Waals surface area contributed by atoms with Crippen molar-refractivity contribution in [3.63, 3.8) is 0 Å². The van der Waals surface area contributed by atoms with Crippen molar-refractivity contribution < 1.29 is 28.6 Å². The molecule has 0 fully saturated rings. The Balaban J connectivity index is 4.12. The van der Waals surface area contributed by atoms with Crippen LogP contribution >= 0.6 is 0 Å². The van der Waals surface area contributed by atoms with Crippen molar-refractivity contribution in [2.24, 2.45) is 0 Å². The molecule has 0 saturated heterocycles. The van der Waals surface area contributed by atoms with Gasteiger partial charge in [0.25, 0.3) is 0 Å². The smallest absolute Gasteiger partial charge is 0.306 e. The molecule has 0 spiro atoms. The van der Waals surface area contributed by atoms with Crippen molar-refractivity contribution in [1.82, 2.24) is 0 Å². The van der Waals surface area contributed by atoms with Crippen LogP contribution in [0.5, 0.6) is 0 Å². The zero-order chi connectivity index (χ0) is 57.1. The summed E-state index contributed by atoms with van der Waals surface area (Å²) >= 11 is 0. The Morgan fingerprint density at radius 3 is 0.772 bits per heavy atom. The second-order valence-corrected chi connectivity index (χ2v) is 20.6. The molecule has 0 N–H and O–H groups in total. The fraction of sp³-hybridized carbons (Fsp3) is 0.603. The molecule has 0 rings (SSSR count). The minimum Gasteiger partial charge on any atom is -0.462 e. The van der Waals surface area contributed by atoms with Crippen molar-refractivity contribution in [3.05, 3.63) is 158 Å². The first-order valence-electron chi connectivity index (χ1n) is 32.0. The number of allylic oxidation sites excluding steroid dienone is 26. The first-order chi connectivity index (χ1) is 39.0. The van der Waals surface area contributed by atoms with Gasteiger partial charge < -0.3 is 14.2 Å². The first kappa shape index (κ1) is 74.0. The van der Waals surface area contributed by atoms with Crippen LogP contribution in [0.15, 0.2) is 158 Å². The molecule has 0 bridgehead atoms. The fourth-order valence-electron chi connectivity index (χ4n) is 8.31. The molecule has 1 unspecified atom stereocenters. The lowest BCUT2D eigenvalue weighted by Gasteiger charge is -2.18. The lowest BCUT2D eigenvalue weighted by Crippen LogP contribution is -2.30. The Morgan fingerprint density at radius 1 is 0.266 bits per heavy atom. The van der Waals surface area contributed by atoms with E-state index in [4.69, 9.17) is 14.2 Å². The Hall–Kier alpha value is -4.97. The van der Waals surface area contributed by atoms with Crippen LogP contribution in [0.2, 0.25) is 0 Å². The Labute approximate surface area is 486 Å². The molecule has 0 aromatic rings. The number of ether oxygens (including phenoxy) is 3. The summed E-state index contributed by atoms with van der Waals surface area (Å²) in [6.45, 7) is 6.31. The monoisotopic (exact) mass is 1090 g/mol. The summed E-state index contributed by atoms with van der Waals surface area (Å²) in [6.07, 6.45) is 95.8. The zero-order valence-corrected chi connectivity index (χ0v) is 50.8. The molecule has 0 saturated carbocycles. The van der Waals surface area contributed by atoms with Gasteiger partial charge in [-0.3, -0.25) is 14.4 Å². The van der Waals surface area contributed by atoms with Gasteiger partial charge in [-0.05, 0) is 128 Å². The summed E-state index contributed by atoms with van der Waals surface area (Å²) in [7, 11) is 0. The molecule has 6 nitrogen and oxygen atoms in total. The van der Waals surface area contributed by atoms with Crippen LogP contribution in [0.1, 0.15) is 265 Å². The van der Waals surface area contributed by atoms with Crippen LogP contribution in [0.25, 0.3) is 0 Å². The average Bonchev–Trinajstić information content (AvgIpc) is 3.45. The van der Waals surface area contributed by atoms with E-state index in [0.717, 1.165) is 167 Å². The molecular formula is C73H116O6. The van der Waals surface area contributed by atoms with Gasteiger partial charge in [-0.25, -0.2) is 0 Å². The summed E-state index contributed by atoms with van der Waals surface area (Å²) in [5, 5.41) is 0. The largest absolute Gasteiger partial charge is 0.462 e. The van der Waals surface area contributed by atoms with Crippen molar-refractivity contribution >= 4 is 17.9 Å². The van der Waals surface area contributed by atoms with E-state index in [9.17, 15) is 14.4 Å². The highest BCUT2D eigenvalue weighted by Crippen LogP contribution is 2.14.